The van der Waals surface area contributed by atoms with E-state index in [9.17, 15) is 14.9 Å². The molecule has 1 aromatic carbocycles. The highest BCUT2D eigenvalue weighted by Crippen LogP contribution is 2.26. The lowest BCUT2D eigenvalue weighted by Crippen LogP contribution is -2.39. The molecule has 0 aliphatic rings. The van der Waals surface area contributed by atoms with Crippen molar-refractivity contribution in [2.45, 2.75) is 12.6 Å². The summed E-state index contributed by atoms with van der Waals surface area (Å²) in [7, 11) is 0. The van der Waals surface area contributed by atoms with Gasteiger partial charge in [0.25, 0.3) is 5.69 Å². The highest BCUT2D eigenvalue weighted by molar-refractivity contribution is 5.88. The minimum atomic E-state index is -0.875. The van der Waals surface area contributed by atoms with Crippen molar-refractivity contribution in [3.8, 4) is 0 Å². The summed E-state index contributed by atoms with van der Waals surface area (Å²) < 4.78 is 1.57. The number of nitro groups is 1. The quantitative estimate of drug-likeness (QED) is 0.600. The Bertz CT molecular complexity index is 620. The third-order valence-electron chi connectivity index (χ3n) is 2.72. The lowest BCUT2D eigenvalue weighted by Gasteiger charge is -2.10. The van der Waals surface area contributed by atoms with Crippen LogP contribution in [0.1, 0.15) is 0 Å². The summed E-state index contributed by atoms with van der Waals surface area (Å²) in [5.41, 5.74) is 11.1. The predicted octanol–water partition coefficient (Wildman–Crippen LogP) is 0.362. The minimum Gasteiger partial charge on any atom is -0.368 e. The molecule has 0 fully saturated rings. The number of fused-ring (bicyclic) bond motifs is 1. The second kappa shape index (κ2) is 4.46. The first-order valence-electron chi connectivity index (χ1n) is 5.28. The summed E-state index contributed by atoms with van der Waals surface area (Å²) in [6.45, 7) is 0.115. The zero-order valence-electron chi connectivity index (χ0n) is 9.45. The summed E-state index contributed by atoms with van der Waals surface area (Å²) in [6, 6.07) is 5.64. The van der Waals surface area contributed by atoms with E-state index in [-0.39, 0.29) is 12.2 Å². The molecule has 18 heavy (non-hydrogen) atoms. The third kappa shape index (κ3) is 2.03. The van der Waals surface area contributed by atoms with Crippen LogP contribution < -0.4 is 11.5 Å². The summed E-state index contributed by atoms with van der Waals surface area (Å²) in [4.78, 5) is 21.4. The average Bonchev–Trinajstić information content (AvgIpc) is 2.72. The van der Waals surface area contributed by atoms with Gasteiger partial charge < -0.3 is 16.0 Å². The monoisotopic (exact) mass is 248 g/mol. The van der Waals surface area contributed by atoms with Gasteiger partial charge in [0.1, 0.15) is 11.6 Å². The van der Waals surface area contributed by atoms with Crippen molar-refractivity contribution in [2.24, 2.45) is 11.5 Å². The number of para-hydroxylation sites is 1. The van der Waals surface area contributed by atoms with Crippen LogP contribution in [0, 0.1) is 10.1 Å². The fraction of sp³-hybridized carbons (Fsp3) is 0.182. The Hall–Kier alpha value is -2.41. The van der Waals surface area contributed by atoms with Gasteiger partial charge in [0.15, 0.2) is 0 Å². The second-order valence-electron chi connectivity index (χ2n) is 3.95. The number of rotatable bonds is 4. The first-order chi connectivity index (χ1) is 8.50. The first kappa shape index (κ1) is 12.1. The molecule has 0 aliphatic heterocycles. The molecule has 1 amide bonds. The van der Waals surface area contributed by atoms with Gasteiger partial charge in [-0.15, -0.1) is 0 Å². The van der Waals surface area contributed by atoms with Gasteiger partial charge in [0.2, 0.25) is 5.91 Å². The van der Waals surface area contributed by atoms with E-state index in [1.807, 2.05) is 0 Å². The predicted molar refractivity (Wildman–Crippen MR) is 65.8 cm³/mol. The molecule has 1 unspecified atom stereocenters. The summed E-state index contributed by atoms with van der Waals surface area (Å²) in [6.07, 6.45) is 1.65. The highest BCUT2D eigenvalue weighted by Gasteiger charge is 2.18. The van der Waals surface area contributed by atoms with E-state index >= 15 is 0 Å². The maximum Gasteiger partial charge on any atom is 0.293 e. The standard InChI is InChI=1S/C11H12N4O3/c12-8(11(13)16)6-14-5-4-7-2-1-3-9(10(7)14)15(17)18/h1-5,8H,6,12H2,(H2,13,16). The first-order valence-corrected chi connectivity index (χ1v) is 5.28. The Morgan fingerprint density at radius 1 is 1.44 bits per heavy atom. The highest BCUT2D eigenvalue weighted by atomic mass is 16.6. The SMILES string of the molecule is NC(=O)C(N)Cn1ccc2cccc([N+](=O)[O-])c21. The van der Waals surface area contributed by atoms with Gasteiger partial charge >= 0.3 is 0 Å². The molecule has 1 heterocycles. The normalized spacial score (nSPS) is 12.5. The van der Waals surface area contributed by atoms with Gasteiger partial charge in [0, 0.05) is 24.2 Å². The van der Waals surface area contributed by atoms with Crippen molar-refractivity contribution in [3.63, 3.8) is 0 Å². The van der Waals surface area contributed by atoms with E-state index in [1.165, 1.54) is 6.07 Å². The molecule has 4 N–H and O–H groups in total. The van der Waals surface area contributed by atoms with Crippen LogP contribution in [0.25, 0.3) is 10.9 Å². The molecule has 7 nitrogen and oxygen atoms in total. The van der Waals surface area contributed by atoms with Crippen LogP contribution in [0.2, 0.25) is 0 Å². The maximum atomic E-state index is 11.0. The molecule has 94 valence electrons. The molecule has 0 saturated heterocycles. The van der Waals surface area contributed by atoms with E-state index in [2.05, 4.69) is 0 Å². The number of carbonyl (C=O) groups excluding carboxylic acids is 1. The van der Waals surface area contributed by atoms with Crippen LogP contribution >= 0.6 is 0 Å². The van der Waals surface area contributed by atoms with Crippen molar-refractivity contribution in [2.75, 3.05) is 0 Å². The van der Waals surface area contributed by atoms with Crippen molar-refractivity contribution < 1.29 is 9.72 Å². The van der Waals surface area contributed by atoms with Crippen molar-refractivity contribution in [1.29, 1.82) is 0 Å². The molecule has 0 aliphatic carbocycles. The number of amides is 1. The number of non-ortho nitro benzene ring substituents is 1. The number of nitrogens with zero attached hydrogens (tertiary/aromatic N) is 2. The number of aromatic nitrogens is 1. The maximum absolute atomic E-state index is 11.0. The summed E-state index contributed by atoms with van der Waals surface area (Å²) >= 11 is 0. The molecule has 7 heteroatoms. The molecule has 0 spiro atoms. The van der Waals surface area contributed by atoms with E-state index in [1.54, 1.807) is 29.0 Å². The van der Waals surface area contributed by atoms with Gasteiger partial charge in [0.05, 0.1) is 4.92 Å². The largest absolute Gasteiger partial charge is 0.368 e. The number of primary amides is 1. The number of carbonyl (C=O) groups is 1. The Morgan fingerprint density at radius 2 is 2.17 bits per heavy atom. The van der Waals surface area contributed by atoms with E-state index < -0.39 is 16.9 Å². The number of nitro benzene ring substituents is 1. The Balaban J connectivity index is 2.52. The van der Waals surface area contributed by atoms with Crippen molar-refractivity contribution in [3.05, 3.63) is 40.6 Å². The number of hydrogen-bond acceptors (Lipinski definition) is 4. The zero-order chi connectivity index (χ0) is 13.3. The van der Waals surface area contributed by atoms with Crippen LogP contribution in [-0.4, -0.2) is 21.4 Å². The molecule has 0 radical (unpaired) electrons. The smallest absolute Gasteiger partial charge is 0.293 e. The second-order valence-corrected chi connectivity index (χ2v) is 3.95. The summed E-state index contributed by atoms with van der Waals surface area (Å²) in [5, 5.41) is 11.7. The fourth-order valence-electron chi connectivity index (χ4n) is 1.84. The number of nitrogens with two attached hydrogens (primary N) is 2. The van der Waals surface area contributed by atoms with Gasteiger partial charge in [-0.05, 0) is 6.07 Å². The lowest BCUT2D eigenvalue weighted by molar-refractivity contribution is -0.383. The molecule has 0 saturated carbocycles. The molecule has 1 aromatic heterocycles. The molecule has 1 atom stereocenters. The Labute approximate surface area is 102 Å². The number of benzene rings is 1. The van der Waals surface area contributed by atoms with Crippen LogP contribution in [0.4, 0.5) is 5.69 Å². The zero-order valence-corrected chi connectivity index (χ0v) is 9.45. The van der Waals surface area contributed by atoms with E-state index in [0.717, 1.165) is 5.39 Å². The third-order valence-corrected chi connectivity index (χ3v) is 2.72. The number of hydrogen-bond donors (Lipinski definition) is 2. The van der Waals surface area contributed by atoms with Crippen LogP contribution in [-0.2, 0) is 11.3 Å². The van der Waals surface area contributed by atoms with Gasteiger partial charge in [-0.25, -0.2) is 0 Å². The van der Waals surface area contributed by atoms with Crippen molar-refractivity contribution in [1.82, 2.24) is 4.57 Å². The van der Waals surface area contributed by atoms with Crippen LogP contribution in [0.15, 0.2) is 30.5 Å². The van der Waals surface area contributed by atoms with Gasteiger partial charge in [-0.2, -0.15) is 0 Å². The van der Waals surface area contributed by atoms with E-state index in [0.29, 0.717) is 5.52 Å². The lowest BCUT2D eigenvalue weighted by atomic mass is 10.2. The summed E-state index contributed by atoms with van der Waals surface area (Å²) in [5.74, 6) is -0.643. The minimum absolute atomic E-state index is 0.0193. The van der Waals surface area contributed by atoms with E-state index in [4.69, 9.17) is 11.5 Å². The fourth-order valence-corrected chi connectivity index (χ4v) is 1.84. The molecular weight excluding hydrogens is 236 g/mol. The molecular formula is C11H12N4O3. The van der Waals surface area contributed by atoms with Crippen LogP contribution in [0.3, 0.4) is 0 Å². The Kier molecular flexibility index (Phi) is 2.99. The average molecular weight is 248 g/mol. The van der Waals surface area contributed by atoms with Gasteiger partial charge in [-0.1, -0.05) is 12.1 Å². The molecule has 2 rings (SSSR count). The van der Waals surface area contributed by atoms with Gasteiger partial charge in [-0.3, -0.25) is 14.9 Å². The Morgan fingerprint density at radius 3 is 2.78 bits per heavy atom. The molecule has 2 aromatic rings. The topological polar surface area (TPSA) is 117 Å². The van der Waals surface area contributed by atoms with Crippen molar-refractivity contribution >= 4 is 22.5 Å². The molecule has 0 bridgehead atoms. The van der Waals surface area contributed by atoms with Crippen LogP contribution in [0.5, 0.6) is 0 Å².